The van der Waals surface area contributed by atoms with E-state index in [4.69, 9.17) is 4.74 Å². The van der Waals surface area contributed by atoms with Gasteiger partial charge in [-0.15, -0.1) is 0 Å². The van der Waals surface area contributed by atoms with Crippen molar-refractivity contribution in [3.63, 3.8) is 0 Å². The molecule has 1 aromatic carbocycles. The molecule has 0 fully saturated rings. The van der Waals surface area contributed by atoms with Crippen LogP contribution >= 0.6 is 0 Å². The van der Waals surface area contributed by atoms with Gasteiger partial charge in [-0.25, -0.2) is 0 Å². The molecule has 0 aliphatic rings. The molecule has 1 N–H and O–H groups in total. The zero-order chi connectivity index (χ0) is 14.6. The van der Waals surface area contributed by atoms with E-state index in [1.807, 2.05) is 33.0 Å². The number of carbonyl (C=O) groups excluding carboxylic acids is 1. The molecule has 3 nitrogen and oxygen atoms in total. The van der Waals surface area contributed by atoms with Crippen LogP contribution in [0.5, 0.6) is 5.75 Å². The van der Waals surface area contributed by atoms with Crippen LogP contribution < -0.4 is 10.1 Å². The van der Waals surface area contributed by atoms with Crippen LogP contribution in [0.3, 0.4) is 0 Å². The van der Waals surface area contributed by atoms with E-state index in [2.05, 4.69) is 19.2 Å². The van der Waals surface area contributed by atoms with Crippen molar-refractivity contribution in [2.75, 3.05) is 20.7 Å². The topological polar surface area (TPSA) is 38.3 Å². The molecule has 0 radical (unpaired) electrons. The fourth-order valence-electron chi connectivity index (χ4n) is 2.44. The number of Topliss-reactive ketones (excluding diaryl/α,β-unsaturated/α-hetero) is 1. The average molecular weight is 263 g/mol. The SMILES string of the molecule is CNCC(C(=O)c1c(C)cc(C)cc1OC)C(C)C. The molecule has 3 heteroatoms. The number of nitrogens with one attached hydrogen (secondary N) is 1. The van der Waals surface area contributed by atoms with Gasteiger partial charge in [0.25, 0.3) is 0 Å². The lowest BCUT2D eigenvalue weighted by atomic mass is 9.85. The summed E-state index contributed by atoms with van der Waals surface area (Å²) >= 11 is 0. The molecule has 0 saturated heterocycles. The number of benzene rings is 1. The van der Waals surface area contributed by atoms with Crippen molar-refractivity contribution >= 4 is 5.78 Å². The standard InChI is InChI=1S/C16H25NO2/c1-10(2)13(9-17-5)16(18)15-12(4)7-11(3)8-14(15)19-6/h7-8,10,13,17H,9H2,1-6H3. The number of hydrogen-bond donors (Lipinski definition) is 1. The van der Waals surface area contributed by atoms with E-state index in [0.717, 1.165) is 16.7 Å². The molecular weight excluding hydrogens is 238 g/mol. The summed E-state index contributed by atoms with van der Waals surface area (Å²) in [6.45, 7) is 8.83. The summed E-state index contributed by atoms with van der Waals surface area (Å²) in [4.78, 5) is 12.8. The van der Waals surface area contributed by atoms with Gasteiger partial charge in [-0.2, -0.15) is 0 Å². The van der Waals surface area contributed by atoms with Crippen LogP contribution in [0.15, 0.2) is 12.1 Å². The van der Waals surface area contributed by atoms with Gasteiger partial charge < -0.3 is 10.1 Å². The van der Waals surface area contributed by atoms with Crippen LogP contribution in [-0.2, 0) is 0 Å². The molecule has 0 aliphatic heterocycles. The molecule has 0 aromatic heterocycles. The highest BCUT2D eigenvalue weighted by Crippen LogP contribution is 2.28. The third kappa shape index (κ3) is 3.57. The maximum Gasteiger partial charge on any atom is 0.171 e. The van der Waals surface area contributed by atoms with Crippen LogP contribution in [0.25, 0.3) is 0 Å². The Balaban J connectivity index is 3.24. The normalized spacial score (nSPS) is 12.6. The van der Waals surface area contributed by atoms with E-state index in [1.54, 1.807) is 7.11 Å². The van der Waals surface area contributed by atoms with Gasteiger partial charge in [-0.1, -0.05) is 19.9 Å². The average Bonchev–Trinajstić information content (AvgIpc) is 2.33. The number of aryl methyl sites for hydroxylation is 2. The van der Waals surface area contributed by atoms with Crippen LogP contribution in [0, 0.1) is 25.7 Å². The van der Waals surface area contributed by atoms with E-state index in [-0.39, 0.29) is 11.7 Å². The fraction of sp³-hybridized carbons (Fsp3) is 0.562. The zero-order valence-corrected chi connectivity index (χ0v) is 12.8. The van der Waals surface area contributed by atoms with Crippen molar-refractivity contribution in [1.82, 2.24) is 5.32 Å². The minimum atomic E-state index is -0.0275. The van der Waals surface area contributed by atoms with Gasteiger partial charge in [0, 0.05) is 12.5 Å². The van der Waals surface area contributed by atoms with Gasteiger partial charge in [0.1, 0.15) is 5.75 Å². The molecule has 1 rings (SSSR count). The number of ether oxygens (including phenoxy) is 1. The summed E-state index contributed by atoms with van der Waals surface area (Å²) in [7, 11) is 3.50. The third-order valence-electron chi connectivity index (χ3n) is 3.48. The minimum Gasteiger partial charge on any atom is -0.496 e. The maximum absolute atomic E-state index is 12.8. The lowest BCUT2D eigenvalue weighted by Crippen LogP contribution is -2.31. The van der Waals surface area contributed by atoms with Gasteiger partial charge in [0.15, 0.2) is 5.78 Å². The Morgan fingerprint density at radius 1 is 1.32 bits per heavy atom. The van der Waals surface area contributed by atoms with Crippen molar-refractivity contribution in [2.24, 2.45) is 11.8 Å². The van der Waals surface area contributed by atoms with Crippen molar-refractivity contribution in [3.05, 3.63) is 28.8 Å². The van der Waals surface area contributed by atoms with Crippen molar-refractivity contribution < 1.29 is 9.53 Å². The molecular formula is C16H25NO2. The molecule has 1 atom stereocenters. The third-order valence-corrected chi connectivity index (χ3v) is 3.48. The highest BCUT2D eigenvalue weighted by Gasteiger charge is 2.26. The largest absolute Gasteiger partial charge is 0.496 e. The lowest BCUT2D eigenvalue weighted by Gasteiger charge is -2.22. The van der Waals surface area contributed by atoms with Crippen LogP contribution in [0.4, 0.5) is 0 Å². The molecule has 0 amide bonds. The summed E-state index contributed by atoms with van der Waals surface area (Å²) in [5.74, 6) is 1.12. The summed E-state index contributed by atoms with van der Waals surface area (Å²) in [5.41, 5.74) is 2.83. The predicted molar refractivity (Wildman–Crippen MR) is 79.1 cm³/mol. The lowest BCUT2D eigenvalue weighted by molar-refractivity contribution is 0.0882. The Labute approximate surface area is 116 Å². The second-order valence-electron chi connectivity index (χ2n) is 5.43. The van der Waals surface area contributed by atoms with E-state index in [1.165, 1.54) is 0 Å². The summed E-state index contributed by atoms with van der Waals surface area (Å²) in [6.07, 6.45) is 0. The van der Waals surface area contributed by atoms with E-state index >= 15 is 0 Å². The van der Waals surface area contributed by atoms with Crippen molar-refractivity contribution in [3.8, 4) is 5.75 Å². The Morgan fingerprint density at radius 3 is 2.42 bits per heavy atom. The summed E-state index contributed by atoms with van der Waals surface area (Å²) in [5, 5.41) is 3.11. The summed E-state index contributed by atoms with van der Waals surface area (Å²) in [6, 6.07) is 3.96. The van der Waals surface area contributed by atoms with Gasteiger partial charge in [0.2, 0.25) is 0 Å². The highest BCUT2D eigenvalue weighted by molar-refractivity contribution is 6.02. The van der Waals surface area contributed by atoms with E-state index in [9.17, 15) is 4.79 Å². The van der Waals surface area contributed by atoms with Crippen LogP contribution in [-0.4, -0.2) is 26.5 Å². The fourth-order valence-corrected chi connectivity index (χ4v) is 2.44. The Bertz CT molecular complexity index is 452. The van der Waals surface area contributed by atoms with Gasteiger partial charge in [-0.3, -0.25) is 4.79 Å². The van der Waals surface area contributed by atoms with E-state index < -0.39 is 0 Å². The molecule has 0 spiro atoms. The zero-order valence-electron chi connectivity index (χ0n) is 12.8. The minimum absolute atomic E-state index is 0.0275. The van der Waals surface area contributed by atoms with Crippen molar-refractivity contribution in [1.29, 1.82) is 0 Å². The first kappa shape index (κ1) is 15.7. The van der Waals surface area contributed by atoms with Gasteiger partial charge in [0.05, 0.1) is 12.7 Å². The number of ketones is 1. The number of methoxy groups -OCH3 is 1. The number of hydrogen-bond acceptors (Lipinski definition) is 3. The molecule has 0 saturated carbocycles. The molecule has 1 unspecified atom stereocenters. The molecule has 0 bridgehead atoms. The Morgan fingerprint density at radius 2 is 1.95 bits per heavy atom. The second-order valence-corrected chi connectivity index (χ2v) is 5.43. The quantitative estimate of drug-likeness (QED) is 0.802. The first-order chi connectivity index (χ1) is 8.92. The monoisotopic (exact) mass is 263 g/mol. The number of carbonyl (C=O) groups is 1. The first-order valence-corrected chi connectivity index (χ1v) is 6.76. The van der Waals surface area contributed by atoms with Crippen LogP contribution in [0.2, 0.25) is 0 Å². The predicted octanol–water partition coefficient (Wildman–Crippen LogP) is 2.99. The molecule has 0 aliphatic carbocycles. The Kier molecular flexibility index (Phi) is 5.55. The highest BCUT2D eigenvalue weighted by atomic mass is 16.5. The Hall–Kier alpha value is -1.35. The first-order valence-electron chi connectivity index (χ1n) is 6.76. The summed E-state index contributed by atoms with van der Waals surface area (Å²) < 4.78 is 5.39. The molecule has 0 heterocycles. The van der Waals surface area contributed by atoms with E-state index in [0.29, 0.717) is 18.2 Å². The van der Waals surface area contributed by atoms with Crippen molar-refractivity contribution in [2.45, 2.75) is 27.7 Å². The van der Waals surface area contributed by atoms with Gasteiger partial charge >= 0.3 is 0 Å². The maximum atomic E-state index is 12.8. The van der Waals surface area contributed by atoms with Crippen LogP contribution in [0.1, 0.15) is 35.3 Å². The molecule has 1 aromatic rings. The molecule has 106 valence electrons. The smallest absolute Gasteiger partial charge is 0.171 e. The second kappa shape index (κ2) is 6.71. The molecule has 19 heavy (non-hydrogen) atoms. The van der Waals surface area contributed by atoms with Gasteiger partial charge in [-0.05, 0) is 44.0 Å². The number of rotatable bonds is 6.